The number of anilines is 2. The lowest BCUT2D eigenvalue weighted by molar-refractivity contribution is -0.153. The van der Waals surface area contributed by atoms with Crippen LogP contribution in [0.3, 0.4) is 0 Å². The molecule has 1 aromatic carbocycles. The minimum Gasteiger partial charge on any atom is -0.508 e. The molecule has 14 heteroatoms. The highest BCUT2D eigenvalue weighted by molar-refractivity contribution is 6.24. The normalized spacial score (nSPS) is 27.2. The van der Waals surface area contributed by atoms with Gasteiger partial charge < -0.3 is 36.4 Å². The van der Waals surface area contributed by atoms with Crippen LogP contribution in [0.15, 0.2) is 23.0 Å². The van der Waals surface area contributed by atoms with Crippen molar-refractivity contribution in [3.8, 4) is 5.75 Å². The third-order valence-electron chi connectivity index (χ3n) is 9.27. The standard InChI is InChI=1S/C30H40N6O8/c1-34(2)18-12-17(33-19(37)13-32-36-8-6-5-7-9-36)24(38)21-15(18)10-14-11-16-23(35(3)4)26(40)22(29(31)43)28(42)30(16,44)27(41)20(14)25(21)39/h12,14,16,23,32,38-39,42,44H,5-11,13H2,1-4H3,(H2,31,43)(H,33,37)/t14?,16?,23-,30-/m0/s1. The van der Waals surface area contributed by atoms with Gasteiger partial charge in [-0.05, 0) is 57.3 Å². The van der Waals surface area contributed by atoms with E-state index < -0.39 is 69.7 Å². The number of hydrogen-bond acceptors (Lipinski definition) is 12. The zero-order chi connectivity index (χ0) is 32.2. The molecule has 1 saturated carbocycles. The highest BCUT2D eigenvalue weighted by Crippen LogP contribution is 2.54. The molecule has 2 fully saturated rings. The van der Waals surface area contributed by atoms with Crippen molar-refractivity contribution < 1.29 is 39.6 Å². The van der Waals surface area contributed by atoms with Gasteiger partial charge in [-0.15, -0.1) is 0 Å². The molecule has 5 rings (SSSR count). The number of phenols is 1. The molecule has 2 amide bonds. The maximum atomic E-state index is 14.1. The summed E-state index contributed by atoms with van der Waals surface area (Å²) in [4.78, 5) is 55.6. The number of nitrogens with one attached hydrogen (secondary N) is 2. The fourth-order valence-electron chi connectivity index (χ4n) is 7.22. The molecule has 4 aliphatic rings. The first-order valence-electron chi connectivity index (χ1n) is 14.7. The summed E-state index contributed by atoms with van der Waals surface area (Å²) < 4.78 is 0. The van der Waals surface area contributed by atoms with Crippen LogP contribution in [0, 0.1) is 11.8 Å². The monoisotopic (exact) mass is 612 g/mol. The number of benzene rings is 1. The number of amides is 2. The average molecular weight is 613 g/mol. The Hall–Kier alpha value is -3.98. The molecule has 0 bridgehead atoms. The second-order valence-electron chi connectivity index (χ2n) is 12.4. The third kappa shape index (κ3) is 4.91. The second kappa shape index (κ2) is 11.5. The SMILES string of the molecule is CN(C)c1cc(NC(=O)CNN2CCCCC2)c(O)c2c1CC1CC3[C@H](N(C)C)C(=O)C(C(N)=O)=C(O)[C@@]3(O)C(=O)C1=C2O. The van der Waals surface area contributed by atoms with Gasteiger partial charge >= 0.3 is 0 Å². The summed E-state index contributed by atoms with van der Waals surface area (Å²) in [5.74, 6) is -7.73. The number of Topliss-reactive ketones (excluding diaryl/α,β-unsaturated/α-hetero) is 2. The number of aliphatic hydroxyl groups is 3. The first-order valence-corrected chi connectivity index (χ1v) is 14.7. The number of hydrazine groups is 1. The maximum absolute atomic E-state index is 14.1. The smallest absolute Gasteiger partial charge is 0.255 e. The van der Waals surface area contributed by atoms with Crippen LogP contribution in [0.25, 0.3) is 5.76 Å². The molecule has 14 nitrogen and oxygen atoms in total. The van der Waals surface area contributed by atoms with Crippen molar-refractivity contribution in [2.24, 2.45) is 17.6 Å². The van der Waals surface area contributed by atoms with E-state index in [1.165, 1.54) is 4.90 Å². The third-order valence-corrected chi connectivity index (χ3v) is 9.27. The molecule has 0 aromatic heterocycles. The largest absolute Gasteiger partial charge is 0.508 e. The van der Waals surface area contributed by atoms with Gasteiger partial charge in [0.15, 0.2) is 11.4 Å². The van der Waals surface area contributed by atoms with E-state index >= 15 is 0 Å². The number of aromatic hydroxyl groups is 1. The molecule has 1 heterocycles. The minimum absolute atomic E-state index is 0.0121. The molecular weight excluding hydrogens is 572 g/mol. The zero-order valence-electron chi connectivity index (χ0n) is 25.3. The highest BCUT2D eigenvalue weighted by atomic mass is 16.3. The maximum Gasteiger partial charge on any atom is 0.255 e. The van der Waals surface area contributed by atoms with Gasteiger partial charge in [-0.1, -0.05) is 6.42 Å². The van der Waals surface area contributed by atoms with E-state index in [0.717, 1.165) is 32.4 Å². The molecule has 44 heavy (non-hydrogen) atoms. The Morgan fingerprint density at radius 2 is 1.75 bits per heavy atom. The molecule has 8 N–H and O–H groups in total. The van der Waals surface area contributed by atoms with E-state index in [4.69, 9.17) is 5.73 Å². The summed E-state index contributed by atoms with van der Waals surface area (Å²) in [6.45, 7) is 1.59. The summed E-state index contributed by atoms with van der Waals surface area (Å²) in [6.07, 6.45) is 3.32. The van der Waals surface area contributed by atoms with Gasteiger partial charge in [-0.2, -0.15) is 0 Å². The topological polar surface area (TPSA) is 209 Å². The summed E-state index contributed by atoms with van der Waals surface area (Å²) >= 11 is 0. The molecule has 1 aliphatic heterocycles. The number of carbonyl (C=O) groups is 4. The molecule has 2 unspecified atom stereocenters. The molecule has 238 valence electrons. The van der Waals surface area contributed by atoms with Gasteiger partial charge in [0, 0.05) is 44.4 Å². The van der Waals surface area contributed by atoms with Crippen LogP contribution < -0.4 is 21.4 Å². The molecule has 0 spiro atoms. The molecular formula is C30H40N6O8. The Morgan fingerprint density at radius 3 is 2.34 bits per heavy atom. The number of carbonyl (C=O) groups excluding carboxylic acids is 4. The molecule has 1 aromatic rings. The van der Waals surface area contributed by atoms with Crippen LogP contribution >= 0.6 is 0 Å². The van der Waals surface area contributed by atoms with Crippen molar-refractivity contribution in [2.45, 2.75) is 43.7 Å². The van der Waals surface area contributed by atoms with Gasteiger partial charge in [0.05, 0.1) is 23.8 Å². The number of phenolic OH excluding ortho intramolecular Hbond substituents is 1. The van der Waals surface area contributed by atoms with Crippen molar-refractivity contribution in [3.63, 3.8) is 0 Å². The quantitative estimate of drug-likeness (QED) is 0.160. The lowest BCUT2D eigenvalue weighted by Gasteiger charge is -2.50. The fourth-order valence-corrected chi connectivity index (χ4v) is 7.22. The number of piperidine rings is 1. The molecule has 0 radical (unpaired) electrons. The van der Waals surface area contributed by atoms with E-state index in [2.05, 4.69) is 10.7 Å². The summed E-state index contributed by atoms with van der Waals surface area (Å²) in [6, 6.07) is 0.428. The van der Waals surface area contributed by atoms with Crippen molar-refractivity contribution in [2.75, 3.05) is 58.0 Å². The van der Waals surface area contributed by atoms with Gasteiger partial charge in [0.1, 0.15) is 22.8 Å². The van der Waals surface area contributed by atoms with Gasteiger partial charge in [-0.3, -0.25) is 24.1 Å². The van der Waals surface area contributed by atoms with Crippen LogP contribution in [0.1, 0.15) is 36.8 Å². The first kappa shape index (κ1) is 31.4. The summed E-state index contributed by atoms with van der Waals surface area (Å²) in [5.41, 5.74) is 5.61. The van der Waals surface area contributed by atoms with E-state index in [-0.39, 0.29) is 36.2 Å². The predicted molar refractivity (Wildman–Crippen MR) is 161 cm³/mol. The molecule has 3 aliphatic carbocycles. The predicted octanol–water partition coefficient (Wildman–Crippen LogP) is -0.0410. The lowest BCUT2D eigenvalue weighted by Crippen LogP contribution is -2.65. The van der Waals surface area contributed by atoms with Gasteiger partial charge in [0.25, 0.3) is 5.91 Å². The van der Waals surface area contributed by atoms with Gasteiger partial charge in [0.2, 0.25) is 11.7 Å². The lowest BCUT2D eigenvalue weighted by atomic mass is 9.57. The van der Waals surface area contributed by atoms with Crippen LogP contribution in [0.5, 0.6) is 5.75 Å². The average Bonchev–Trinajstić information content (AvgIpc) is 2.95. The zero-order valence-corrected chi connectivity index (χ0v) is 25.3. The van der Waals surface area contributed by atoms with Crippen LogP contribution in [0.2, 0.25) is 0 Å². The summed E-state index contributed by atoms with van der Waals surface area (Å²) in [5, 5.41) is 50.5. The number of nitrogens with zero attached hydrogens (tertiary/aromatic N) is 3. The summed E-state index contributed by atoms with van der Waals surface area (Å²) in [7, 11) is 6.61. The van der Waals surface area contributed by atoms with Crippen molar-refractivity contribution in [3.05, 3.63) is 34.1 Å². The molecule has 4 atom stereocenters. The van der Waals surface area contributed by atoms with E-state index in [9.17, 15) is 39.6 Å². The van der Waals surface area contributed by atoms with Crippen molar-refractivity contribution >= 4 is 40.5 Å². The number of aliphatic hydroxyl groups excluding tert-OH is 2. The van der Waals surface area contributed by atoms with Crippen LogP contribution in [0.4, 0.5) is 11.4 Å². The Balaban J connectivity index is 1.58. The Bertz CT molecular complexity index is 1490. The van der Waals surface area contributed by atoms with Crippen LogP contribution in [-0.2, 0) is 25.6 Å². The number of primary amides is 1. The second-order valence-corrected chi connectivity index (χ2v) is 12.4. The van der Waals surface area contributed by atoms with Crippen LogP contribution in [-0.4, -0.2) is 113 Å². The number of hydrogen-bond donors (Lipinski definition) is 7. The van der Waals surface area contributed by atoms with Crippen molar-refractivity contribution in [1.29, 1.82) is 0 Å². The number of nitrogens with two attached hydrogens (primary N) is 1. The Labute approximate surface area is 254 Å². The Morgan fingerprint density at radius 1 is 1.09 bits per heavy atom. The number of likely N-dealkylation sites (N-methyl/N-ethyl adjacent to an activating group) is 1. The minimum atomic E-state index is -2.73. The molecule has 1 saturated heterocycles. The Kier molecular flexibility index (Phi) is 8.22. The first-order chi connectivity index (χ1) is 20.7. The van der Waals surface area contributed by atoms with E-state index in [1.54, 1.807) is 39.2 Å². The van der Waals surface area contributed by atoms with Gasteiger partial charge in [-0.25, -0.2) is 10.4 Å². The fraction of sp³-hybridized carbons (Fsp3) is 0.533. The number of fused-ring (bicyclic) bond motifs is 3. The highest BCUT2D eigenvalue weighted by Gasteiger charge is 2.64. The number of ketones is 2. The van der Waals surface area contributed by atoms with E-state index in [1.807, 2.05) is 5.01 Å². The van der Waals surface area contributed by atoms with Crippen molar-refractivity contribution in [1.82, 2.24) is 15.3 Å². The van der Waals surface area contributed by atoms with E-state index in [0.29, 0.717) is 11.3 Å². The number of rotatable bonds is 7.